The molecule has 4 heteroatoms. The first kappa shape index (κ1) is 19.4. The second-order valence-corrected chi connectivity index (χ2v) is 7.70. The second kappa shape index (κ2) is 9.05. The Labute approximate surface area is 162 Å². The third kappa shape index (κ3) is 5.33. The van der Waals surface area contributed by atoms with Crippen molar-refractivity contribution < 1.29 is 9.53 Å². The predicted molar refractivity (Wildman–Crippen MR) is 110 cm³/mol. The average molecular weight is 367 g/mol. The number of likely N-dealkylation sites (tertiary alicyclic amines) is 1. The number of nitrogens with one attached hydrogen (secondary N) is 1. The van der Waals surface area contributed by atoms with Crippen LogP contribution in [-0.2, 0) is 11.3 Å². The molecule has 0 spiro atoms. The smallest absolute Gasteiger partial charge is 0.226 e. The summed E-state index contributed by atoms with van der Waals surface area (Å²) in [6, 6.07) is 16.7. The van der Waals surface area contributed by atoms with Crippen molar-refractivity contribution >= 4 is 11.6 Å². The Morgan fingerprint density at radius 3 is 2.81 bits per heavy atom. The van der Waals surface area contributed by atoms with Gasteiger partial charge in [-0.15, -0.1) is 0 Å². The number of carbonyl (C=O) groups is 1. The molecule has 1 N–H and O–H groups in total. The van der Waals surface area contributed by atoms with Gasteiger partial charge in [-0.3, -0.25) is 9.69 Å². The molecule has 1 saturated heterocycles. The van der Waals surface area contributed by atoms with Crippen LogP contribution in [0.4, 0.5) is 5.69 Å². The molecule has 1 amide bonds. The summed E-state index contributed by atoms with van der Waals surface area (Å²) in [7, 11) is 1.71. The van der Waals surface area contributed by atoms with Crippen molar-refractivity contribution in [3.63, 3.8) is 0 Å². The monoisotopic (exact) mass is 366 g/mol. The summed E-state index contributed by atoms with van der Waals surface area (Å²) in [5.74, 6) is 1.46. The van der Waals surface area contributed by atoms with Crippen molar-refractivity contribution in [1.82, 2.24) is 4.90 Å². The van der Waals surface area contributed by atoms with E-state index in [0.717, 1.165) is 31.1 Å². The maximum Gasteiger partial charge on any atom is 0.226 e. The molecule has 0 aromatic heterocycles. The molecule has 1 aliphatic rings. The molecule has 0 bridgehead atoms. The van der Waals surface area contributed by atoms with Gasteiger partial charge in [0.25, 0.3) is 0 Å². The van der Waals surface area contributed by atoms with E-state index in [0.29, 0.717) is 5.92 Å². The highest BCUT2D eigenvalue weighted by Crippen LogP contribution is 2.29. The third-order valence-corrected chi connectivity index (χ3v) is 5.20. The molecule has 2 aromatic carbocycles. The number of piperidine rings is 1. The summed E-state index contributed by atoms with van der Waals surface area (Å²) in [6.45, 7) is 6.93. The molecule has 1 aliphatic heterocycles. The van der Waals surface area contributed by atoms with Crippen LogP contribution >= 0.6 is 0 Å². The molecule has 144 valence electrons. The Hall–Kier alpha value is -2.33. The van der Waals surface area contributed by atoms with Gasteiger partial charge in [0.15, 0.2) is 0 Å². The summed E-state index contributed by atoms with van der Waals surface area (Å²) < 4.78 is 5.34. The van der Waals surface area contributed by atoms with Crippen LogP contribution in [0.2, 0.25) is 0 Å². The standard InChI is InChI=1S/C23H30N2O2/c1-17(2)23(26)24-21-10-5-8-19(14-21)20-9-6-12-25(16-20)15-18-7-4-11-22(13-18)27-3/h4-5,7-8,10-11,13-14,17,20H,6,9,12,15-16H2,1-3H3,(H,24,26). The third-order valence-electron chi connectivity index (χ3n) is 5.20. The van der Waals surface area contributed by atoms with Gasteiger partial charge in [0, 0.05) is 24.7 Å². The van der Waals surface area contributed by atoms with E-state index in [4.69, 9.17) is 4.74 Å². The molecule has 1 atom stereocenters. The molecule has 1 heterocycles. The minimum absolute atomic E-state index is 0.0123. The van der Waals surface area contributed by atoms with Crippen LogP contribution in [0.3, 0.4) is 0 Å². The van der Waals surface area contributed by atoms with Gasteiger partial charge in [0.05, 0.1) is 7.11 Å². The quantitative estimate of drug-likeness (QED) is 0.808. The lowest BCUT2D eigenvalue weighted by molar-refractivity contribution is -0.118. The molecule has 27 heavy (non-hydrogen) atoms. The van der Waals surface area contributed by atoms with Gasteiger partial charge in [-0.2, -0.15) is 0 Å². The van der Waals surface area contributed by atoms with Gasteiger partial charge in [0.1, 0.15) is 5.75 Å². The number of amides is 1. The largest absolute Gasteiger partial charge is 0.497 e. The number of benzene rings is 2. The van der Waals surface area contributed by atoms with Crippen molar-refractivity contribution in [3.05, 3.63) is 59.7 Å². The zero-order valence-corrected chi connectivity index (χ0v) is 16.6. The van der Waals surface area contributed by atoms with Crippen LogP contribution in [-0.4, -0.2) is 31.0 Å². The number of nitrogens with zero attached hydrogens (tertiary/aromatic N) is 1. The lowest BCUT2D eigenvalue weighted by atomic mass is 9.90. The normalized spacial score (nSPS) is 17.7. The van der Waals surface area contributed by atoms with E-state index in [-0.39, 0.29) is 11.8 Å². The van der Waals surface area contributed by atoms with E-state index >= 15 is 0 Å². The van der Waals surface area contributed by atoms with E-state index < -0.39 is 0 Å². The molecule has 0 radical (unpaired) electrons. The highest BCUT2D eigenvalue weighted by atomic mass is 16.5. The van der Waals surface area contributed by atoms with Crippen LogP contribution in [0.5, 0.6) is 5.75 Å². The first-order valence-electron chi connectivity index (χ1n) is 9.81. The van der Waals surface area contributed by atoms with E-state index in [9.17, 15) is 4.79 Å². The van der Waals surface area contributed by atoms with Gasteiger partial charge < -0.3 is 10.1 Å². The van der Waals surface area contributed by atoms with Gasteiger partial charge in [-0.25, -0.2) is 0 Å². The minimum atomic E-state index is -0.0123. The van der Waals surface area contributed by atoms with Crippen LogP contribution in [0, 0.1) is 5.92 Å². The summed E-state index contributed by atoms with van der Waals surface area (Å²) >= 11 is 0. The fourth-order valence-electron chi connectivity index (χ4n) is 3.66. The van der Waals surface area contributed by atoms with Crippen molar-refractivity contribution in [3.8, 4) is 5.75 Å². The van der Waals surface area contributed by atoms with Crippen molar-refractivity contribution in [2.75, 3.05) is 25.5 Å². The van der Waals surface area contributed by atoms with Crippen molar-refractivity contribution in [2.45, 2.75) is 39.2 Å². The Morgan fingerprint density at radius 1 is 1.22 bits per heavy atom. The zero-order chi connectivity index (χ0) is 19.2. The number of rotatable bonds is 6. The Bertz CT molecular complexity index is 772. The first-order valence-corrected chi connectivity index (χ1v) is 9.81. The minimum Gasteiger partial charge on any atom is -0.497 e. The topological polar surface area (TPSA) is 41.6 Å². The Morgan fingerprint density at radius 2 is 2.04 bits per heavy atom. The van der Waals surface area contributed by atoms with Crippen molar-refractivity contribution in [1.29, 1.82) is 0 Å². The number of hydrogen-bond acceptors (Lipinski definition) is 3. The number of hydrogen-bond donors (Lipinski definition) is 1. The molecular formula is C23H30N2O2. The summed E-state index contributed by atoms with van der Waals surface area (Å²) in [5.41, 5.74) is 3.50. The highest BCUT2D eigenvalue weighted by molar-refractivity contribution is 5.92. The Kier molecular flexibility index (Phi) is 6.51. The van der Waals surface area contributed by atoms with Gasteiger partial charge in [-0.1, -0.05) is 38.1 Å². The lowest BCUT2D eigenvalue weighted by Crippen LogP contribution is -2.33. The number of ether oxygens (including phenoxy) is 1. The van der Waals surface area contributed by atoms with E-state index in [2.05, 4.69) is 40.5 Å². The van der Waals surface area contributed by atoms with Crippen LogP contribution in [0.25, 0.3) is 0 Å². The molecule has 3 rings (SSSR count). The average Bonchev–Trinajstić information content (AvgIpc) is 2.68. The summed E-state index contributed by atoms with van der Waals surface area (Å²) in [4.78, 5) is 14.5. The molecule has 2 aromatic rings. The maximum atomic E-state index is 12.0. The lowest BCUT2D eigenvalue weighted by Gasteiger charge is -2.33. The Balaban J connectivity index is 1.66. The highest BCUT2D eigenvalue weighted by Gasteiger charge is 2.22. The van der Waals surface area contributed by atoms with Crippen molar-refractivity contribution in [2.24, 2.45) is 5.92 Å². The number of anilines is 1. The van der Waals surface area contributed by atoms with E-state index in [1.54, 1.807) is 7.11 Å². The van der Waals surface area contributed by atoms with Gasteiger partial charge in [-0.05, 0) is 60.7 Å². The molecule has 1 fully saturated rings. The SMILES string of the molecule is COc1cccc(CN2CCCC(c3cccc(NC(=O)C(C)C)c3)C2)c1. The van der Waals surface area contributed by atoms with E-state index in [1.165, 1.54) is 24.0 Å². The molecule has 1 unspecified atom stereocenters. The molecule has 4 nitrogen and oxygen atoms in total. The predicted octanol–water partition coefficient (Wildman–Crippen LogP) is 4.67. The second-order valence-electron chi connectivity index (χ2n) is 7.70. The summed E-state index contributed by atoms with van der Waals surface area (Å²) in [6.07, 6.45) is 2.38. The fourth-order valence-corrected chi connectivity index (χ4v) is 3.66. The fraction of sp³-hybridized carbons (Fsp3) is 0.435. The molecule has 0 aliphatic carbocycles. The summed E-state index contributed by atoms with van der Waals surface area (Å²) in [5, 5.41) is 3.02. The zero-order valence-electron chi connectivity index (χ0n) is 16.6. The van der Waals surface area contributed by atoms with Crippen LogP contribution in [0.15, 0.2) is 48.5 Å². The van der Waals surface area contributed by atoms with Crippen LogP contribution in [0.1, 0.15) is 43.7 Å². The van der Waals surface area contributed by atoms with E-state index in [1.807, 2.05) is 32.0 Å². The number of methoxy groups -OCH3 is 1. The molecule has 0 saturated carbocycles. The van der Waals surface area contributed by atoms with Gasteiger partial charge in [0.2, 0.25) is 5.91 Å². The van der Waals surface area contributed by atoms with Gasteiger partial charge >= 0.3 is 0 Å². The van der Waals surface area contributed by atoms with Crippen LogP contribution < -0.4 is 10.1 Å². The first-order chi connectivity index (χ1) is 13.0. The molecular weight excluding hydrogens is 336 g/mol. The maximum absolute atomic E-state index is 12.0. The number of carbonyl (C=O) groups excluding carboxylic acids is 1.